The second-order valence-corrected chi connectivity index (χ2v) is 4.25. The van der Waals surface area contributed by atoms with E-state index in [0.717, 1.165) is 22.0 Å². The Morgan fingerprint density at radius 2 is 2.12 bits per heavy atom. The van der Waals surface area contributed by atoms with Crippen molar-refractivity contribution in [2.24, 2.45) is 0 Å². The van der Waals surface area contributed by atoms with Crippen molar-refractivity contribution in [1.82, 2.24) is 9.97 Å². The van der Waals surface area contributed by atoms with Crippen LogP contribution in [-0.4, -0.2) is 9.97 Å². The third kappa shape index (κ3) is 1.65. The molecule has 2 heterocycles. The SMILES string of the molecule is Nc1ncc(-c2cccc3cc[nH]c23)cc1Cl. The molecule has 0 aliphatic carbocycles. The van der Waals surface area contributed by atoms with Crippen molar-refractivity contribution in [3.05, 3.63) is 47.7 Å². The first-order valence-electron chi connectivity index (χ1n) is 5.23. The lowest BCUT2D eigenvalue weighted by Gasteiger charge is -2.05. The summed E-state index contributed by atoms with van der Waals surface area (Å²) in [4.78, 5) is 7.30. The normalized spacial score (nSPS) is 10.9. The molecule has 2 aromatic heterocycles. The molecule has 0 unspecified atom stereocenters. The first-order valence-corrected chi connectivity index (χ1v) is 5.61. The minimum Gasteiger partial charge on any atom is -0.382 e. The van der Waals surface area contributed by atoms with Gasteiger partial charge in [0, 0.05) is 23.5 Å². The lowest BCUT2D eigenvalue weighted by Crippen LogP contribution is -1.91. The maximum atomic E-state index is 5.99. The van der Waals surface area contributed by atoms with E-state index in [4.69, 9.17) is 17.3 Å². The van der Waals surface area contributed by atoms with Crippen LogP contribution >= 0.6 is 11.6 Å². The molecule has 3 N–H and O–H groups in total. The first-order chi connectivity index (χ1) is 8.25. The lowest BCUT2D eigenvalue weighted by molar-refractivity contribution is 1.34. The van der Waals surface area contributed by atoms with Crippen molar-refractivity contribution >= 4 is 28.3 Å². The summed E-state index contributed by atoms with van der Waals surface area (Å²) in [6, 6.07) is 9.96. The number of nitrogens with one attached hydrogen (secondary N) is 1. The van der Waals surface area contributed by atoms with Crippen LogP contribution in [0.2, 0.25) is 5.02 Å². The van der Waals surface area contributed by atoms with Crippen LogP contribution in [0, 0.1) is 0 Å². The number of halogens is 1. The number of nitrogens with two attached hydrogens (primary N) is 1. The van der Waals surface area contributed by atoms with Crippen molar-refractivity contribution in [3.63, 3.8) is 0 Å². The zero-order chi connectivity index (χ0) is 11.8. The second kappa shape index (κ2) is 3.79. The Bertz CT molecular complexity index is 688. The summed E-state index contributed by atoms with van der Waals surface area (Å²) in [6.45, 7) is 0. The maximum absolute atomic E-state index is 5.99. The van der Waals surface area contributed by atoms with Gasteiger partial charge in [0.05, 0.1) is 10.5 Å². The largest absolute Gasteiger partial charge is 0.382 e. The van der Waals surface area contributed by atoms with E-state index in [1.807, 2.05) is 30.5 Å². The highest BCUT2D eigenvalue weighted by Crippen LogP contribution is 2.29. The topological polar surface area (TPSA) is 54.7 Å². The highest BCUT2D eigenvalue weighted by molar-refractivity contribution is 6.33. The molecule has 17 heavy (non-hydrogen) atoms. The van der Waals surface area contributed by atoms with Crippen molar-refractivity contribution in [1.29, 1.82) is 0 Å². The summed E-state index contributed by atoms with van der Waals surface area (Å²) >= 11 is 5.99. The second-order valence-electron chi connectivity index (χ2n) is 3.84. The minimum absolute atomic E-state index is 0.356. The molecule has 0 saturated heterocycles. The molecule has 0 fully saturated rings. The van der Waals surface area contributed by atoms with Gasteiger partial charge in [-0.2, -0.15) is 0 Å². The highest BCUT2D eigenvalue weighted by Gasteiger charge is 2.06. The number of para-hydroxylation sites is 1. The number of anilines is 1. The molecule has 0 bridgehead atoms. The third-order valence-corrected chi connectivity index (χ3v) is 3.07. The Morgan fingerprint density at radius 1 is 1.24 bits per heavy atom. The molecule has 0 saturated carbocycles. The number of H-pyrrole nitrogens is 1. The van der Waals surface area contributed by atoms with Crippen LogP contribution in [0.3, 0.4) is 0 Å². The summed E-state index contributed by atoms with van der Waals surface area (Å²) in [7, 11) is 0. The van der Waals surface area contributed by atoms with Gasteiger partial charge in [0.25, 0.3) is 0 Å². The molecule has 84 valence electrons. The van der Waals surface area contributed by atoms with Gasteiger partial charge in [-0.25, -0.2) is 4.98 Å². The van der Waals surface area contributed by atoms with Gasteiger partial charge < -0.3 is 10.7 Å². The average Bonchev–Trinajstić information content (AvgIpc) is 2.80. The van der Waals surface area contributed by atoms with E-state index in [-0.39, 0.29) is 0 Å². The number of pyridine rings is 1. The van der Waals surface area contributed by atoms with Crippen LogP contribution in [-0.2, 0) is 0 Å². The predicted molar refractivity (Wildman–Crippen MR) is 71.0 cm³/mol. The van der Waals surface area contributed by atoms with Crippen LogP contribution in [0.4, 0.5) is 5.82 Å². The monoisotopic (exact) mass is 243 g/mol. The van der Waals surface area contributed by atoms with Crippen LogP contribution in [0.15, 0.2) is 42.7 Å². The molecule has 1 aromatic carbocycles. The number of benzene rings is 1. The van der Waals surface area contributed by atoms with E-state index in [1.165, 1.54) is 0 Å². The number of nitrogen functional groups attached to an aromatic ring is 1. The average molecular weight is 244 g/mol. The molecule has 3 rings (SSSR count). The van der Waals surface area contributed by atoms with E-state index >= 15 is 0 Å². The molecule has 0 aliphatic rings. The fraction of sp³-hybridized carbons (Fsp3) is 0. The maximum Gasteiger partial charge on any atom is 0.142 e. The van der Waals surface area contributed by atoms with Gasteiger partial charge in [0.1, 0.15) is 5.82 Å². The smallest absolute Gasteiger partial charge is 0.142 e. The summed E-state index contributed by atoms with van der Waals surface area (Å²) < 4.78 is 0. The Morgan fingerprint density at radius 3 is 2.94 bits per heavy atom. The van der Waals surface area contributed by atoms with Gasteiger partial charge in [-0.3, -0.25) is 0 Å². The van der Waals surface area contributed by atoms with E-state index in [0.29, 0.717) is 10.8 Å². The van der Waals surface area contributed by atoms with Crippen molar-refractivity contribution in [2.45, 2.75) is 0 Å². The molecule has 0 atom stereocenters. The van der Waals surface area contributed by atoms with E-state index in [9.17, 15) is 0 Å². The first kappa shape index (κ1) is 10.2. The van der Waals surface area contributed by atoms with Crippen LogP contribution in [0.25, 0.3) is 22.0 Å². The molecule has 3 aromatic rings. The fourth-order valence-electron chi connectivity index (χ4n) is 1.92. The number of rotatable bonds is 1. The van der Waals surface area contributed by atoms with Gasteiger partial charge in [0.2, 0.25) is 0 Å². The molecule has 3 nitrogen and oxygen atoms in total. The number of aromatic nitrogens is 2. The van der Waals surface area contributed by atoms with Crippen LogP contribution < -0.4 is 5.73 Å². The van der Waals surface area contributed by atoms with E-state index in [1.54, 1.807) is 6.20 Å². The third-order valence-electron chi connectivity index (χ3n) is 2.77. The van der Waals surface area contributed by atoms with Crippen LogP contribution in [0.1, 0.15) is 0 Å². The zero-order valence-electron chi connectivity index (χ0n) is 8.94. The number of hydrogen-bond donors (Lipinski definition) is 2. The lowest BCUT2D eigenvalue weighted by atomic mass is 10.1. The highest BCUT2D eigenvalue weighted by atomic mass is 35.5. The number of hydrogen-bond acceptors (Lipinski definition) is 2. The molecule has 0 amide bonds. The Labute approximate surface area is 103 Å². The molecular formula is C13H10ClN3. The van der Waals surface area contributed by atoms with E-state index in [2.05, 4.69) is 16.0 Å². The Balaban J connectivity index is 2.26. The molecule has 4 heteroatoms. The van der Waals surface area contributed by atoms with Crippen molar-refractivity contribution in [3.8, 4) is 11.1 Å². The van der Waals surface area contributed by atoms with Gasteiger partial charge in [-0.05, 0) is 17.5 Å². The van der Waals surface area contributed by atoms with Crippen LogP contribution in [0.5, 0.6) is 0 Å². The summed E-state index contributed by atoms with van der Waals surface area (Å²) in [5.74, 6) is 0.356. The quantitative estimate of drug-likeness (QED) is 0.688. The van der Waals surface area contributed by atoms with Crippen molar-refractivity contribution in [2.75, 3.05) is 5.73 Å². The minimum atomic E-state index is 0.356. The fourth-order valence-corrected chi connectivity index (χ4v) is 2.09. The number of fused-ring (bicyclic) bond motifs is 1. The van der Waals surface area contributed by atoms with Gasteiger partial charge in [-0.1, -0.05) is 29.8 Å². The summed E-state index contributed by atoms with van der Waals surface area (Å²) in [6.07, 6.45) is 3.65. The Kier molecular flexibility index (Phi) is 2.27. The van der Waals surface area contributed by atoms with Gasteiger partial charge in [0.15, 0.2) is 0 Å². The van der Waals surface area contributed by atoms with Gasteiger partial charge >= 0.3 is 0 Å². The van der Waals surface area contributed by atoms with E-state index < -0.39 is 0 Å². The van der Waals surface area contributed by atoms with Gasteiger partial charge in [-0.15, -0.1) is 0 Å². The molecule has 0 aliphatic heterocycles. The predicted octanol–water partition coefficient (Wildman–Crippen LogP) is 3.47. The zero-order valence-corrected chi connectivity index (χ0v) is 9.70. The number of aromatic amines is 1. The van der Waals surface area contributed by atoms with Crippen molar-refractivity contribution < 1.29 is 0 Å². The molecule has 0 radical (unpaired) electrons. The number of nitrogens with zero attached hydrogens (tertiary/aromatic N) is 1. The molecular weight excluding hydrogens is 234 g/mol. The molecule has 0 spiro atoms. The summed E-state index contributed by atoms with van der Waals surface area (Å²) in [5.41, 5.74) is 8.71. The Hall–Kier alpha value is -2.00. The standard InChI is InChI=1S/C13H10ClN3/c14-11-6-9(7-17-13(11)15)10-3-1-2-8-4-5-16-12(8)10/h1-7,16H,(H2,15,17). The summed E-state index contributed by atoms with van der Waals surface area (Å²) in [5, 5.41) is 1.64.